The van der Waals surface area contributed by atoms with Gasteiger partial charge >= 0.3 is 0 Å². The molecule has 0 N–H and O–H groups in total. The molecule has 0 unspecified atom stereocenters. The minimum absolute atomic E-state index is 0.567. The van der Waals surface area contributed by atoms with Gasteiger partial charge < -0.3 is 8.83 Å². The van der Waals surface area contributed by atoms with E-state index in [1.165, 1.54) is 0 Å². The van der Waals surface area contributed by atoms with Gasteiger partial charge in [0, 0.05) is 38.2 Å². The van der Waals surface area contributed by atoms with Crippen LogP contribution in [0.4, 0.5) is 0 Å². The van der Waals surface area contributed by atoms with E-state index in [-0.39, 0.29) is 0 Å². The Kier molecular flexibility index (Phi) is 5.22. The summed E-state index contributed by atoms with van der Waals surface area (Å²) in [4.78, 5) is 15.2. The Balaban J connectivity index is 1.33. The van der Waals surface area contributed by atoms with Crippen LogP contribution in [-0.2, 0) is 0 Å². The third kappa shape index (κ3) is 3.66. The first-order valence-corrected chi connectivity index (χ1v) is 15.3. The number of rotatable bonds is 3. The predicted molar refractivity (Wildman–Crippen MR) is 186 cm³/mol. The molecule has 0 amide bonds. The molecule has 5 heteroatoms. The Morgan fingerprint density at radius 2 is 1.15 bits per heavy atom. The third-order valence-corrected chi connectivity index (χ3v) is 8.90. The number of hydrogen-bond acceptors (Lipinski definition) is 5. The van der Waals surface area contributed by atoms with Crippen molar-refractivity contribution in [1.82, 2.24) is 15.0 Å². The highest BCUT2D eigenvalue weighted by atomic mass is 16.4. The monoisotopic (exact) mass is 589 g/mol. The van der Waals surface area contributed by atoms with Crippen LogP contribution in [0.3, 0.4) is 0 Å². The Bertz CT molecular complexity index is 2800. The van der Waals surface area contributed by atoms with Crippen LogP contribution in [0, 0.1) is 0 Å². The predicted octanol–water partition coefficient (Wildman–Crippen LogP) is 11.0. The molecule has 0 fully saturated rings. The quantitative estimate of drug-likeness (QED) is 0.192. The minimum atomic E-state index is 0.567. The van der Waals surface area contributed by atoms with E-state index in [4.69, 9.17) is 23.8 Å². The zero-order chi connectivity index (χ0) is 30.2. The molecule has 3 aromatic heterocycles. The number of nitrogens with zero attached hydrogens (tertiary/aromatic N) is 3. The molecule has 214 valence electrons. The molecule has 5 nitrogen and oxygen atoms in total. The fraction of sp³-hybridized carbons (Fsp3) is 0. The van der Waals surface area contributed by atoms with Gasteiger partial charge in [0.1, 0.15) is 11.1 Å². The zero-order valence-corrected chi connectivity index (χ0v) is 24.4. The number of para-hydroxylation sites is 1. The molecule has 0 spiro atoms. The maximum atomic E-state index is 6.75. The van der Waals surface area contributed by atoms with E-state index in [1.807, 2.05) is 66.7 Å². The first-order valence-electron chi connectivity index (χ1n) is 15.3. The van der Waals surface area contributed by atoms with Gasteiger partial charge in [0.15, 0.2) is 17.0 Å². The second-order valence-electron chi connectivity index (χ2n) is 11.6. The Labute approximate surface area is 262 Å². The first-order chi connectivity index (χ1) is 22.8. The van der Waals surface area contributed by atoms with Crippen LogP contribution in [0.15, 0.2) is 148 Å². The van der Waals surface area contributed by atoms with Gasteiger partial charge in [-0.3, -0.25) is 0 Å². The molecule has 0 aliphatic heterocycles. The van der Waals surface area contributed by atoms with Crippen LogP contribution in [0.25, 0.3) is 99.6 Å². The lowest BCUT2D eigenvalue weighted by molar-refractivity contribution is 0.603. The second-order valence-corrected chi connectivity index (χ2v) is 11.6. The molecular weight excluding hydrogens is 566 g/mol. The SMILES string of the molecule is c1ccc(-c2nc3ccc4c(oc5cc(-c6nc(-c7ccccc7)c7ccccc7n6)c6ccc7ccccc7c6c54)c3o2)cc1. The van der Waals surface area contributed by atoms with Crippen molar-refractivity contribution in [3.05, 3.63) is 140 Å². The van der Waals surface area contributed by atoms with Crippen molar-refractivity contribution in [2.75, 3.05) is 0 Å². The summed E-state index contributed by atoms with van der Waals surface area (Å²) in [6, 6.07) is 47.5. The fourth-order valence-electron chi connectivity index (χ4n) is 6.80. The number of oxazole rings is 1. The van der Waals surface area contributed by atoms with Crippen LogP contribution < -0.4 is 0 Å². The van der Waals surface area contributed by atoms with E-state index in [0.717, 1.165) is 76.7 Å². The smallest absolute Gasteiger partial charge is 0.227 e. The summed E-state index contributed by atoms with van der Waals surface area (Å²) >= 11 is 0. The summed E-state index contributed by atoms with van der Waals surface area (Å²) in [6.07, 6.45) is 0. The molecule has 3 heterocycles. The topological polar surface area (TPSA) is 65.0 Å². The molecular formula is C41H23N3O2. The van der Waals surface area contributed by atoms with E-state index in [9.17, 15) is 0 Å². The first kappa shape index (κ1) is 25.0. The molecule has 0 bridgehead atoms. The number of benzene rings is 7. The number of aromatic nitrogens is 3. The van der Waals surface area contributed by atoms with E-state index < -0.39 is 0 Å². The van der Waals surface area contributed by atoms with Crippen LogP contribution in [-0.4, -0.2) is 15.0 Å². The second kappa shape index (κ2) is 9.58. The van der Waals surface area contributed by atoms with Gasteiger partial charge in [0.05, 0.1) is 11.2 Å². The highest BCUT2D eigenvalue weighted by Crippen LogP contribution is 2.45. The zero-order valence-electron chi connectivity index (χ0n) is 24.4. The Morgan fingerprint density at radius 3 is 2.00 bits per heavy atom. The van der Waals surface area contributed by atoms with E-state index >= 15 is 0 Å². The van der Waals surface area contributed by atoms with Crippen molar-refractivity contribution in [1.29, 1.82) is 0 Å². The molecule has 0 aliphatic carbocycles. The van der Waals surface area contributed by atoms with Crippen molar-refractivity contribution in [2.45, 2.75) is 0 Å². The summed E-state index contributed by atoms with van der Waals surface area (Å²) in [7, 11) is 0. The van der Waals surface area contributed by atoms with Crippen molar-refractivity contribution in [3.63, 3.8) is 0 Å². The Morgan fingerprint density at radius 1 is 0.435 bits per heavy atom. The average molecular weight is 590 g/mol. The molecule has 0 radical (unpaired) electrons. The molecule has 7 aromatic carbocycles. The van der Waals surface area contributed by atoms with Crippen LogP contribution in [0.2, 0.25) is 0 Å². The average Bonchev–Trinajstić information content (AvgIpc) is 3.73. The third-order valence-electron chi connectivity index (χ3n) is 8.90. The number of fused-ring (bicyclic) bond motifs is 10. The lowest BCUT2D eigenvalue weighted by atomic mass is 9.93. The van der Waals surface area contributed by atoms with E-state index in [0.29, 0.717) is 22.9 Å². The molecule has 10 rings (SSSR count). The summed E-state index contributed by atoms with van der Waals surface area (Å²) in [5.74, 6) is 1.22. The fourth-order valence-corrected chi connectivity index (χ4v) is 6.80. The highest BCUT2D eigenvalue weighted by Gasteiger charge is 2.22. The van der Waals surface area contributed by atoms with Crippen molar-refractivity contribution in [3.8, 4) is 34.1 Å². The van der Waals surface area contributed by atoms with Crippen molar-refractivity contribution >= 4 is 65.5 Å². The van der Waals surface area contributed by atoms with Crippen molar-refractivity contribution < 1.29 is 8.83 Å². The largest absolute Gasteiger partial charge is 0.452 e. The maximum Gasteiger partial charge on any atom is 0.227 e. The molecule has 46 heavy (non-hydrogen) atoms. The van der Waals surface area contributed by atoms with Crippen molar-refractivity contribution in [2.24, 2.45) is 0 Å². The molecule has 0 saturated heterocycles. The standard InChI is InChI=1S/C41H23N3O2/c1-3-12-25(13-4-1)37-29-17-9-10-18-32(29)42-40(44-37)31-23-34-36(35-27-16-8-7-11-24(27)19-20-28(31)35)30-21-22-33-39(38(30)45-34)46-41(43-33)26-14-5-2-6-15-26/h1-23H. The van der Waals surface area contributed by atoms with Crippen LogP contribution in [0.1, 0.15) is 0 Å². The molecule has 0 aliphatic rings. The van der Waals surface area contributed by atoms with Gasteiger partial charge in [0.2, 0.25) is 5.89 Å². The lowest BCUT2D eigenvalue weighted by Gasteiger charge is -2.13. The number of furan rings is 1. The molecule has 0 atom stereocenters. The lowest BCUT2D eigenvalue weighted by Crippen LogP contribution is -1.96. The van der Waals surface area contributed by atoms with Gasteiger partial charge in [-0.05, 0) is 52.6 Å². The van der Waals surface area contributed by atoms with Crippen LogP contribution >= 0.6 is 0 Å². The molecule has 10 aromatic rings. The van der Waals surface area contributed by atoms with Gasteiger partial charge in [-0.15, -0.1) is 0 Å². The summed E-state index contributed by atoms with van der Waals surface area (Å²) in [5, 5.41) is 7.49. The minimum Gasteiger partial charge on any atom is -0.452 e. The summed E-state index contributed by atoms with van der Waals surface area (Å²) in [6.45, 7) is 0. The highest BCUT2D eigenvalue weighted by molar-refractivity contribution is 6.30. The molecule has 0 saturated carbocycles. The normalized spacial score (nSPS) is 11.9. The van der Waals surface area contributed by atoms with E-state index in [2.05, 4.69) is 72.8 Å². The van der Waals surface area contributed by atoms with Gasteiger partial charge in [-0.1, -0.05) is 103 Å². The number of hydrogen-bond donors (Lipinski definition) is 0. The summed E-state index contributed by atoms with van der Waals surface area (Å²) in [5.41, 5.74) is 7.48. The van der Waals surface area contributed by atoms with Gasteiger partial charge in [-0.2, -0.15) is 0 Å². The Hall–Kier alpha value is -6.33. The van der Waals surface area contributed by atoms with Gasteiger partial charge in [0.25, 0.3) is 0 Å². The van der Waals surface area contributed by atoms with E-state index in [1.54, 1.807) is 0 Å². The van der Waals surface area contributed by atoms with Crippen LogP contribution in [0.5, 0.6) is 0 Å². The van der Waals surface area contributed by atoms with Gasteiger partial charge in [-0.25, -0.2) is 15.0 Å². The summed E-state index contributed by atoms with van der Waals surface area (Å²) < 4.78 is 13.1. The maximum absolute atomic E-state index is 6.75.